The molecule has 25 heavy (non-hydrogen) atoms. The van der Waals surface area contributed by atoms with Crippen LogP contribution in [0.4, 0.5) is 14.5 Å². The highest BCUT2D eigenvalue weighted by Crippen LogP contribution is 2.37. The monoisotopic (exact) mass is 366 g/mol. The van der Waals surface area contributed by atoms with Gasteiger partial charge in [-0.15, -0.1) is 0 Å². The summed E-state index contributed by atoms with van der Waals surface area (Å²) in [5, 5.41) is 10.5. The molecule has 0 bridgehead atoms. The van der Waals surface area contributed by atoms with Gasteiger partial charge in [0.05, 0.1) is 11.3 Å². The zero-order valence-electron chi connectivity index (χ0n) is 13.8. The lowest BCUT2D eigenvalue weighted by molar-refractivity contribution is -0.117. The molecule has 4 nitrogen and oxygen atoms in total. The van der Waals surface area contributed by atoms with Gasteiger partial charge in [0.15, 0.2) is 0 Å². The number of hydrogen-bond acceptors (Lipinski definition) is 3. The molecule has 0 atom stereocenters. The third kappa shape index (κ3) is 3.37. The van der Waals surface area contributed by atoms with Crippen LogP contribution >= 0.6 is 11.6 Å². The van der Waals surface area contributed by atoms with Gasteiger partial charge in [0.25, 0.3) is 0 Å². The summed E-state index contributed by atoms with van der Waals surface area (Å²) in [7, 11) is 0. The first-order valence-corrected chi connectivity index (χ1v) is 8.24. The van der Waals surface area contributed by atoms with Gasteiger partial charge >= 0.3 is 0 Å². The number of nitrogens with zero attached hydrogens (tertiary/aromatic N) is 2. The van der Waals surface area contributed by atoms with E-state index in [9.17, 15) is 18.7 Å². The summed E-state index contributed by atoms with van der Waals surface area (Å²) in [5.74, 6) is -1.63. The molecular formula is C18H17ClF2N2O2. The van der Waals surface area contributed by atoms with E-state index in [1.165, 1.54) is 31.0 Å². The van der Waals surface area contributed by atoms with Crippen LogP contribution in [0.15, 0.2) is 24.4 Å². The second kappa shape index (κ2) is 6.35. The third-order valence-electron chi connectivity index (χ3n) is 4.22. The largest absolute Gasteiger partial charge is 0.386 e. The third-order valence-corrected chi connectivity index (χ3v) is 4.43. The van der Waals surface area contributed by atoms with Gasteiger partial charge in [0.2, 0.25) is 5.91 Å². The van der Waals surface area contributed by atoms with E-state index < -0.39 is 17.2 Å². The van der Waals surface area contributed by atoms with Crippen LogP contribution in [0.2, 0.25) is 5.15 Å². The van der Waals surface area contributed by atoms with Crippen LogP contribution in [0.25, 0.3) is 11.1 Å². The maximum Gasteiger partial charge on any atom is 0.227 e. The normalized spacial score (nSPS) is 15.1. The number of aromatic nitrogens is 1. The Morgan fingerprint density at radius 1 is 1.20 bits per heavy atom. The van der Waals surface area contributed by atoms with Crippen LogP contribution in [0.5, 0.6) is 0 Å². The average molecular weight is 367 g/mol. The van der Waals surface area contributed by atoms with Crippen molar-refractivity contribution in [3.05, 3.63) is 46.7 Å². The molecule has 1 N–H and O–H groups in total. The molecule has 1 saturated heterocycles. The van der Waals surface area contributed by atoms with Crippen molar-refractivity contribution < 1.29 is 18.7 Å². The van der Waals surface area contributed by atoms with Gasteiger partial charge in [-0.3, -0.25) is 4.79 Å². The fraction of sp³-hybridized carbons (Fsp3) is 0.333. The molecule has 0 spiro atoms. The first-order valence-electron chi connectivity index (χ1n) is 7.86. The lowest BCUT2D eigenvalue weighted by Crippen LogP contribution is -2.25. The van der Waals surface area contributed by atoms with Gasteiger partial charge < -0.3 is 10.0 Å². The average Bonchev–Trinajstić information content (AvgIpc) is 2.94. The van der Waals surface area contributed by atoms with Crippen LogP contribution in [0.1, 0.15) is 32.3 Å². The van der Waals surface area contributed by atoms with E-state index in [4.69, 9.17) is 11.6 Å². The zero-order valence-corrected chi connectivity index (χ0v) is 14.6. The second-order valence-corrected chi connectivity index (χ2v) is 6.93. The number of anilines is 1. The fourth-order valence-corrected chi connectivity index (χ4v) is 3.16. The van der Waals surface area contributed by atoms with E-state index in [2.05, 4.69) is 4.98 Å². The number of benzene rings is 1. The Balaban J connectivity index is 2.14. The predicted octanol–water partition coefficient (Wildman–Crippen LogP) is 4.03. The molecule has 2 aromatic rings. The van der Waals surface area contributed by atoms with Crippen molar-refractivity contribution in [2.75, 3.05) is 11.4 Å². The predicted molar refractivity (Wildman–Crippen MR) is 91.4 cm³/mol. The van der Waals surface area contributed by atoms with Crippen molar-refractivity contribution in [2.24, 2.45) is 0 Å². The molecule has 1 aromatic carbocycles. The number of hydrogen-bond donors (Lipinski definition) is 1. The molecule has 2 heterocycles. The molecular weight excluding hydrogens is 350 g/mol. The summed E-state index contributed by atoms with van der Waals surface area (Å²) >= 11 is 5.87. The highest BCUT2D eigenvalue weighted by Gasteiger charge is 2.28. The smallest absolute Gasteiger partial charge is 0.227 e. The topological polar surface area (TPSA) is 53.4 Å². The minimum atomic E-state index is -1.32. The van der Waals surface area contributed by atoms with E-state index in [0.717, 1.165) is 12.1 Å². The Bertz CT molecular complexity index is 850. The van der Waals surface area contributed by atoms with Crippen LogP contribution in [-0.4, -0.2) is 22.5 Å². The number of carbonyl (C=O) groups is 1. The Labute approximate surface area is 149 Å². The number of rotatable bonds is 3. The highest BCUT2D eigenvalue weighted by molar-refractivity contribution is 6.29. The standard InChI is InChI=1S/C18H17ClF2N2O2/c1-18(2,25)12-7-16(19)22-9-11(12)10-6-14(21)15(8-13(10)20)23-5-3-4-17(23)24/h6-9,25H,3-5H2,1-2H3. The lowest BCUT2D eigenvalue weighted by atomic mass is 9.91. The van der Waals surface area contributed by atoms with Crippen molar-refractivity contribution in [1.29, 1.82) is 0 Å². The first-order chi connectivity index (χ1) is 11.7. The molecule has 3 rings (SSSR count). The van der Waals surface area contributed by atoms with Crippen molar-refractivity contribution in [2.45, 2.75) is 32.3 Å². The van der Waals surface area contributed by atoms with Gasteiger partial charge in [0, 0.05) is 36.4 Å². The van der Waals surface area contributed by atoms with Crippen molar-refractivity contribution in [1.82, 2.24) is 4.98 Å². The maximum absolute atomic E-state index is 14.7. The SMILES string of the molecule is CC(C)(O)c1cc(Cl)ncc1-c1cc(F)c(N2CCCC2=O)cc1F. The first kappa shape index (κ1) is 17.8. The summed E-state index contributed by atoms with van der Waals surface area (Å²) in [5.41, 5.74) is -0.873. The van der Waals surface area contributed by atoms with Gasteiger partial charge in [-0.25, -0.2) is 13.8 Å². The summed E-state index contributed by atoms with van der Waals surface area (Å²) in [6.07, 6.45) is 2.24. The van der Waals surface area contributed by atoms with E-state index in [-0.39, 0.29) is 27.9 Å². The molecule has 132 valence electrons. The minimum Gasteiger partial charge on any atom is -0.386 e. The van der Waals surface area contributed by atoms with Crippen LogP contribution in [-0.2, 0) is 10.4 Å². The minimum absolute atomic E-state index is 0.0470. The van der Waals surface area contributed by atoms with Crippen LogP contribution < -0.4 is 4.90 Å². The molecule has 0 unspecified atom stereocenters. The number of pyridine rings is 1. The lowest BCUT2D eigenvalue weighted by Gasteiger charge is -2.23. The number of aliphatic hydroxyl groups is 1. The van der Waals surface area contributed by atoms with E-state index in [0.29, 0.717) is 24.9 Å². The zero-order chi connectivity index (χ0) is 18.4. The van der Waals surface area contributed by atoms with E-state index in [1.54, 1.807) is 0 Å². The van der Waals surface area contributed by atoms with Crippen molar-refractivity contribution in [3.63, 3.8) is 0 Å². The van der Waals surface area contributed by atoms with Crippen LogP contribution in [0, 0.1) is 11.6 Å². The van der Waals surface area contributed by atoms with Gasteiger partial charge in [-0.2, -0.15) is 0 Å². The molecule has 1 fully saturated rings. The fourth-order valence-electron chi connectivity index (χ4n) is 3.00. The number of carbonyl (C=O) groups excluding carboxylic acids is 1. The Morgan fingerprint density at radius 2 is 1.92 bits per heavy atom. The molecule has 0 saturated carbocycles. The molecule has 0 aliphatic carbocycles. The molecule has 7 heteroatoms. The van der Waals surface area contributed by atoms with Crippen molar-refractivity contribution in [3.8, 4) is 11.1 Å². The summed E-state index contributed by atoms with van der Waals surface area (Å²) in [4.78, 5) is 17.0. The number of halogens is 3. The molecule has 0 radical (unpaired) electrons. The summed E-state index contributed by atoms with van der Waals surface area (Å²) in [6, 6.07) is 3.46. The summed E-state index contributed by atoms with van der Waals surface area (Å²) in [6.45, 7) is 3.41. The highest BCUT2D eigenvalue weighted by atomic mass is 35.5. The van der Waals surface area contributed by atoms with Gasteiger partial charge in [-0.1, -0.05) is 11.6 Å². The van der Waals surface area contributed by atoms with Gasteiger partial charge in [-0.05, 0) is 38.0 Å². The Morgan fingerprint density at radius 3 is 2.52 bits per heavy atom. The Hall–Kier alpha value is -2.05. The van der Waals surface area contributed by atoms with E-state index >= 15 is 0 Å². The van der Waals surface area contributed by atoms with Crippen LogP contribution in [0.3, 0.4) is 0 Å². The van der Waals surface area contributed by atoms with E-state index in [1.807, 2.05) is 0 Å². The van der Waals surface area contributed by atoms with Crippen molar-refractivity contribution >= 4 is 23.2 Å². The second-order valence-electron chi connectivity index (χ2n) is 6.54. The quantitative estimate of drug-likeness (QED) is 0.834. The van der Waals surface area contributed by atoms with Gasteiger partial charge in [0.1, 0.15) is 16.8 Å². The maximum atomic E-state index is 14.7. The molecule has 1 aromatic heterocycles. The Kier molecular flexibility index (Phi) is 4.51. The summed E-state index contributed by atoms with van der Waals surface area (Å²) < 4.78 is 29.3. The number of amides is 1. The molecule has 1 aliphatic rings. The molecule has 1 aliphatic heterocycles. The molecule has 1 amide bonds.